The first-order chi connectivity index (χ1) is 10.2. The van der Waals surface area contributed by atoms with Crippen molar-refractivity contribution in [2.24, 2.45) is 0 Å². The molecule has 4 nitrogen and oxygen atoms in total. The number of pyridine rings is 1. The molecule has 1 atom stereocenters. The average molecular weight is 301 g/mol. The van der Waals surface area contributed by atoms with Crippen molar-refractivity contribution in [3.8, 4) is 0 Å². The molecule has 0 spiro atoms. The van der Waals surface area contributed by atoms with Crippen molar-refractivity contribution in [3.05, 3.63) is 52.5 Å². The average Bonchev–Trinajstić information content (AvgIpc) is 3.12. The van der Waals surface area contributed by atoms with Crippen molar-refractivity contribution in [1.82, 2.24) is 9.38 Å². The molecular formula is C16H19N3OS. The number of imidazole rings is 1. The van der Waals surface area contributed by atoms with E-state index in [0.717, 1.165) is 23.6 Å². The van der Waals surface area contributed by atoms with Gasteiger partial charge in [0, 0.05) is 30.6 Å². The van der Waals surface area contributed by atoms with Crippen LogP contribution in [0.2, 0.25) is 0 Å². The van der Waals surface area contributed by atoms with Gasteiger partial charge in [0.15, 0.2) is 5.82 Å². The first-order valence-corrected chi connectivity index (χ1v) is 7.90. The molecule has 5 heteroatoms. The zero-order valence-corrected chi connectivity index (χ0v) is 13.0. The Morgan fingerprint density at radius 2 is 2.19 bits per heavy atom. The van der Waals surface area contributed by atoms with E-state index >= 15 is 0 Å². The van der Waals surface area contributed by atoms with E-state index in [1.807, 2.05) is 35.8 Å². The van der Waals surface area contributed by atoms with Crippen LogP contribution >= 0.6 is 11.3 Å². The molecule has 0 aliphatic heterocycles. The van der Waals surface area contributed by atoms with Crippen LogP contribution in [-0.2, 0) is 13.0 Å². The van der Waals surface area contributed by atoms with Gasteiger partial charge in [-0.25, -0.2) is 4.98 Å². The van der Waals surface area contributed by atoms with Crippen LogP contribution in [0.4, 0.5) is 5.82 Å². The molecule has 1 unspecified atom stereocenters. The number of likely N-dealkylation sites (N-methyl/N-ethyl adjacent to an activating group) is 1. The molecule has 110 valence electrons. The summed E-state index contributed by atoms with van der Waals surface area (Å²) < 4.78 is 1.95. The third kappa shape index (κ3) is 2.66. The quantitative estimate of drug-likeness (QED) is 0.787. The number of hydrogen-bond acceptors (Lipinski definition) is 4. The number of hydrogen-bond donors (Lipinski definition) is 1. The second-order valence-electron chi connectivity index (χ2n) is 5.21. The van der Waals surface area contributed by atoms with E-state index in [1.165, 1.54) is 4.88 Å². The molecule has 0 bridgehead atoms. The number of nitrogens with zero attached hydrogens (tertiary/aromatic N) is 3. The Morgan fingerprint density at radius 1 is 1.33 bits per heavy atom. The SMILES string of the molecule is CC(Cc1cccs1)N(C)c1nc2ccccn2c1CO. The molecule has 0 fully saturated rings. The summed E-state index contributed by atoms with van der Waals surface area (Å²) in [5.41, 5.74) is 1.71. The van der Waals surface area contributed by atoms with E-state index in [2.05, 4.69) is 34.3 Å². The van der Waals surface area contributed by atoms with Gasteiger partial charge in [-0.2, -0.15) is 0 Å². The van der Waals surface area contributed by atoms with Gasteiger partial charge in [0.1, 0.15) is 5.65 Å². The van der Waals surface area contributed by atoms with E-state index in [0.29, 0.717) is 6.04 Å². The maximum atomic E-state index is 9.71. The molecule has 3 aromatic rings. The van der Waals surface area contributed by atoms with E-state index in [1.54, 1.807) is 11.3 Å². The molecule has 21 heavy (non-hydrogen) atoms. The van der Waals surface area contributed by atoms with E-state index in [9.17, 15) is 5.11 Å². The van der Waals surface area contributed by atoms with E-state index in [-0.39, 0.29) is 6.61 Å². The third-order valence-corrected chi connectivity index (χ3v) is 4.73. The number of rotatable bonds is 5. The van der Waals surface area contributed by atoms with Gasteiger partial charge in [0.25, 0.3) is 0 Å². The molecule has 0 radical (unpaired) electrons. The fourth-order valence-electron chi connectivity index (χ4n) is 2.53. The van der Waals surface area contributed by atoms with Crippen LogP contribution in [0.3, 0.4) is 0 Å². The number of aromatic nitrogens is 2. The number of thiophene rings is 1. The minimum Gasteiger partial charge on any atom is -0.390 e. The lowest BCUT2D eigenvalue weighted by molar-refractivity contribution is 0.276. The van der Waals surface area contributed by atoms with Crippen LogP contribution in [-0.4, -0.2) is 27.6 Å². The maximum absolute atomic E-state index is 9.71. The first kappa shape index (κ1) is 14.1. The Hall–Kier alpha value is -1.85. The normalized spacial score (nSPS) is 12.7. The lowest BCUT2D eigenvalue weighted by Crippen LogP contribution is -2.31. The number of anilines is 1. The summed E-state index contributed by atoms with van der Waals surface area (Å²) in [5, 5.41) is 11.8. The summed E-state index contributed by atoms with van der Waals surface area (Å²) in [6.45, 7) is 2.17. The highest BCUT2D eigenvalue weighted by Crippen LogP contribution is 2.24. The topological polar surface area (TPSA) is 40.8 Å². The molecule has 0 saturated heterocycles. The Bertz CT molecular complexity index is 720. The third-order valence-electron chi connectivity index (χ3n) is 3.83. The largest absolute Gasteiger partial charge is 0.390 e. The highest BCUT2D eigenvalue weighted by molar-refractivity contribution is 7.09. The monoisotopic (exact) mass is 301 g/mol. The maximum Gasteiger partial charge on any atom is 0.153 e. The lowest BCUT2D eigenvalue weighted by atomic mass is 10.2. The highest BCUT2D eigenvalue weighted by Gasteiger charge is 2.19. The molecule has 0 aromatic carbocycles. The van der Waals surface area contributed by atoms with Gasteiger partial charge in [-0.15, -0.1) is 11.3 Å². The summed E-state index contributed by atoms with van der Waals surface area (Å²) in [4.78, 5) is 8.18. The molecular weight excluding hydrogens is 282 g/mol. The van der Waals surface area contributed by atoms with Gasteiger partial charge in [-0.3, -0.25) is 4.40 Å². The van der Waals surface area contributed by atoms with E-state index < -0.39 is 0 Å². The number of fused-ring (bicyclic) bond motifs is 1. The van der Waals surface area contributed by atoms with Crippen molar-refractivity contribution in [2.45, 2.75) is 26.0 Å². The lowest BCUT2D eigenvalue weighted by Gasteiger charge is -2.25. The second-order valence-corrected chi connectivity index (χ2v) is 6.24. The second kappa shape index (κ2) is 5.87. The summed E-state index contributed by atoms with van der Waals surface area (Å²) in [7, 11) is 2.04. The van der Waals surface area contributed by atoms with Gasteiger partial charge in [-0.05, 0) is 30.5 Å². The van der Waals surface area contributed by atoms with Crippen LogP contribution in [0.25, 0.3) is 5.65 Å². The van der Waals surface area contributed by atoms with Gasteiger partial charge < -0.3 is 10.0 Å². The predicted molar refractivity (Wildman–Crippen MR) is 87.0 cm³/mol. The molecule has 0 aliphatic carbocycles. The van der Waals surface area contributed by atoms with Crippen molar-refractivity contribution in [1.29, 1.82) is 0 Å². The van der Waals surface area contributed by atoms with Gasteiger partial charge in [-0.1, -0.05) is 12.1 Å². The summed E-state index contributed by atoms with van der Waals surface area (Å²) in [6.07, 6.45) is 2.92. The van der Waals surface area contributed by atoms with Crippen LogP contribution < -0.4 is 4.90 Å². The molecule has 0 saturated carbocycles. The Balaban J connectivity index is 1.91. The Morgan fingerprint density at radius 3 is 2.90 bits per heavy atom. The molecule has 3 heterocycles. The number of aliphatic hydroxyl groups excluding tert-OH is 1. The van der Waals surface area contributed by atoms with Gasteiger partial charge >= 0.3 is 0 Å². The molecule has 1 N–H and O–H groups in total. The van der Waals surface area contributed by atoms with Crippen molar-refractivity contribution in [3.63, 3.8) is 0 Å². The number of aliphatic hydroxyl groups is 1. The Kier molecular flexibility index (Phi) is 3.94. The molecule has 3 rings (SSSR count). The first-order valence-electron chi connectivity index (χ1n) is 7.02. The molecule has 0 aliphatic rings. The summed E-state index contributed by atoms with van der Waals surface area (Å²) >= 11 is 1.78. The van der Waals surface area contributed by atoms with Crippen molar-refractivity contribution < 1.29 is 5.11 Å². The zero-order valence-electron chi connectivity index (χ0n) is 12.2. The standard InChI is InChI=1S/C16H19N3OS/c1-12(10-13-6-5-9-21-13)18(2)16-14(11-20)19-8-4-3-7-15(19)17-16/h3-9,12,20H,10-11H2,1-2H3. The van der Waals surface area contributed by atoms with Crippen molar-refractivity contribution >= 4 is 22.8 Å². The van der Waals surface area contributed by atoms with Gasteiger partial charge in [0.2, 0.25) is 0 Å². The van der Waals surface area contributed by atoms with Crippen LogP contribution in [0.1, 0.15) is 17.5 Å². The Labute approximate surface area is 128 Å². The minimum atomic E-state index is -0.0173. The molecule has 3 aromatic heterocycles. The molecule has 0 amide bonds. The smallest absolute Gasteiger partial charge is 0.153 e. The van der Waals surface area contributed by atoms with Crippen LogP contribution in [0, 0.1) is 0 Å². The predicted octanol–water partition coefficient (Wildman–Crippen LogP) is 2.96. The summed E-state index contributed by atoms with van der Waals surface area (Å²) in [6, 6.07) is 10.4. The fraction of sp³-hybridized carbons (Fsp3) is 0.312. The van der Waals surface area contributed by atoms with Crippen LogP contribution in [0.15, 0.2) is 41.9 Å². The van der Waals surface area contributed by atoms with Crippen LogP contribution in [0.5, 0.6) is 0 Å². The fourth-order valence-corrected chi connectivity index (χ4v) is 3.36. The highest BCUT2D eigenvalue weighted by atomic mass is 32.1. The minimum absolute atomic E-state index is 0.0173. The summed E-state index contributed by atoms with van der Waals surface area (Å²) in [5.74, 6) is 0.854. The van der Waals surface area contributed by atoms with Gasteiger partial charge in [0.05, 0.1) is 12.3 Å². The zero-order chi connectivity index (χ0) is 14.8. The van der Waals surface area contributed by atoms with E-state index in [4.69, 9.17) is 0 Å². The van der Waals surface area contributed by atoms with Crippen molar-refractivity contribution in [2.75, 3.05) is 11.9 Å².